The van der Waals surface area contributed by atoms with Crippen LogP contribution in [0.25, 0.3) is 11.1 Å². The first-order valence-electron chi connectivity index (χ1n) is 9.83. The lowest BCUT2D eigenvalue weighted by Gasteiger charge is -2.10. The highest BCUT2D eigenvalue weighted by molar-refractivity contribution is 5.98. The summed E-state index contributed by atoms with van der Waals surface area (Å²) in [4.78, 5) is 15.0. The van der Waals surface area contributed by atoms with Crippen LogP contribution in [0, 0.1) is 5.82 Å². The fraction of sp³-hybridized carbons (Fsp3) is 0.318. The Hall–Kier alpha value is -3.26. The minimum Gasteiger partial charge on any atom is -0.383 e. The third-order valence-corrected chi connectivity index (χ3v) is 4.90. The molecule has 0 bridgehead atoms. The molecule has 2 heterocycles. The molecular weight excluding hydrogens is 385 g/mol. The first-order chi connectivity index (χ1) is 14.4. The number of aryl methyl sites for hydroxylation is 1. The molecule has 158 valence electrons. The number of nitrogens with zero attached hydrogens (tertiary/aromatic N) is 3. The van der Waals surface area contributed by atoms with Gasteiger partial charge in [0.2, 0.25) is 0 Å². The number of nitrogen functional groups attached to an aromatic ring is 1. The highest BCUT2D eigenvalue weighted by atomic mass is 19.1. The Bertz CT molecular complexity index is 999. The molecule has 30 heavy (non-hydrogen) atoms. The Labute approximate surface area is 174 Å². The molecule has 1 amide bonds. The molecule has 2 aromatic heterocycles. The van der Waals surface area contributed by atoms with Gasteiger partial charge in [-0.05, 0) is 36.6 Å². The standard InChI is InChI=1S/C12H15FO.C10H11N5O/c13-11-5-3-4-10(8-11)9-14-12-6-1-2-7-12;1-15-5-7(4-14-15)6-2-8(10(12)16)9(11)13-3-6/h3-5,8,12H,1-2,6-7,9H2;2-5H,1H3,(H2,11,13)(H2,12,16). The van der Waals surface area contributed by atoms with Crippen LogP contribution in [0.5, 0.6) is 0 Å². The molecular formula is C22H26FN5O2. The second kappa shape index (κ2) is 9.98. The van der Waals surface area contributed by atoms with Crippen LogP contribution in [0.2, 0.25) is 0 Å². The van der Waals surface area contributed by atoms with Gasteiger partial charge in [0.05, 0.1) is 24.5 Å². The molecule has 1 saturated carbocycles. The van der Waals surface area contributed by atoms with E-state index in [0.29, 0.717) is 12.7 Å². The maximum absolute atomic E-state index is 12.8. The van der Waals surface area contributed by atoms with Crippen LogP contribution in [0.3, 0.4) is 0 Å². The molecule has 0 saturated heterocycles. The molecule has 0 aliphatic heterocycles. The molecule has 1 aliphatic carbocycles. The molecule has 4 N–H and O–H groups in total. The zero-order valence-electron chi connectivity index (χ0n) is 16.9. The molecule has 0 spiro atoms. The van der Waals surface area contributed by atoms with Crippen LogP contribution < -0.4 is 11.5 Å². The van der Waals surface area contributed by atoms with E-state index in [1.165, 1.54) is 25.0 Å². The van der Waals surface area contributed by atoms with E-state index in [0.717, 1.165) is 29.5 Å². The van der Waals surface area contributed by atoms with Crippen molar-refractivity contribution in [3.05, 3.63) is 65.9 Å². The van der Waals surface area contributed by atoms with E-state index in [9.17, 15) is 9.18 Å². The van der Waals surface area contributed by atoms with Crippen molar-refractivity contribution in [1.82, 2.24) is 14.8 Å². The van der Waals surface area contributed by atoms with Gasteiger partial charge in [-0.25, -0.2) is 9.37 Å². The number of halogens is 1. The van der Waals surface area contributed by atoms with Crippen LogP contribution in [-0.4, -0.2) is 26.8 Å². The number of ether oxygens (including phenoxy) is 1. The number of aromatic nitrogens is 3. The summed E-state index contributed by atoms with van der Waals surface area (Å²) >= 11 is 0. The van der Waals surface area contributed by atoms with Crippen molar-refractivity contribution in [3.8, 4) is 11.1 Å². The minimum atomic E-state index is -0.587. The highest BCUT2D eigenvalue weighted by Crippen LogP contribution is 2.22. The lowest BCUT2D eigenvalue weighted by molar-refractivity contribution is 0.0455. The van der Waals surface area contributed by atoms with E-state index in [2.05, 4.69) is 10.1 Å². The lowest BCUT2D eigenvalue weighted by atomic mass is 10.1. The van der Waals surface area contributed by atoms with Crippen LogP contribution in [0.4, 0.5) is 10.2 Å². The number of anilines is 1. The normalized spacial score (nSPS) is 13.7. The van der Waals surface area contributed by atoms with E-state index in [1.807, 2.05) is 19.3 Å². The quantitative estimate of drug-likeness (QED) is 0.668. The van der Waals surface area contributed by atoms with Crippen molar-refractivity contribution < 1.29 is 13.9 Å². The molecule has 3 aromatic rings. The molecule has 0 atom stereocenters. The van der Waals surface area contributed by atoms with Crippen molar-refractivity contribution in [2.75, 3.05) is 5.73 Å². The topological polar surface area (TPSA) is 109 Å². The predicted octanol–water partition coefficient (Wildman–Crippen LogP) is 3.45. The van der Waals surface area contributed by atoms with Crippen LogP contribution >= 0.6 is 0 Å². The Morgan fingerprint density at radius 3 is 2.63 bits per heavy atom. The molecule has 1 aromatic carbocycles. The van der Waals surface area contributed by atoms with Crippen molar-refractivity contribution in [2.24, 2.45) is 12.8 Å². The monoisotopic (exact) mass is 411 g/mol. The van der Waals surface area contributed by atoms with Gasteiger partial charge >= 0.3 is 0 Å². The molecule has 1 fully saturated rings. The zero-order valence-corrected chi connectivity index (χ0v) is 16.9. The smallest absolute Gasteiger partial charge is 0.252 e. The summed E-state index contributed by atoms with van der Waals surface area (Å²) in [5.74, 6) is -0.631. The summed E-state index contributed by atoms with van der Waals surface area (Å²) < 4.78 is 20.2. The Morgan fingerprint density at radius 2 is 2.00 bits per heavy atom. The van der Waals surface area contributed by atoms with Crippen LogP contribution in [0.1, 0.15) is 41.6 Å². The van der Waals surface area contributed by atoms with Gasteiger partial charge in [0.1, 0.15) is 11.6 Å². The van der Waals surface area contributed by atoms with Gasteiger partial charge < -0.3 is 16.2 Å². The number of nitrogens with two attached hydrogens (primary N) is 2. The summed E-state index contributed by atoms with van der Waals surface area (Å²) in [5, 5.41) is 4.03. The van der Waals surface area contributed by atoms with Gasteiger partial charge in [0.15, 0.2) is 0 Å². The number of benzene rings is 1. The molecule has 0 radical (unpaired) electrons. The van der Waals surface area contributed by atoms with Gasteiger partial charge in [0.25, 0.3) is 5.91 Å². The molecule has 7 nitrogen and oxygen atoms in total. The van der Waals surface area contributed by atoms with Crippen molar-refractivity contribution in [2.45, 2.75) is 38.4 Å². The average molecular weight is 411 g/mol. The van der Waals surface area contributed by atoms with E-state index in [1.54, 1.807) is 29.2 Å². The number of pyridine rings is 1. The Balaban J connectivity index is 0.000000172. The summed E-state index contributed by atoms with van der Waals surface area (Å²) in [7, 11) is 1.81. The first kappa shape index (κ1) is 21.4. The highest BCUT2D eigenvalue weighted by Gasteiger charge is 2.15. The number of rotatable bonds is 5. The van der Waals surface area contributed by atoms with E-state index >= 15 is 0 Å². The van der Waals surface area contributed by atoms with E-state index in [-0.39, 0.29) is 17.2 Å². The number of hydrogen-bond donors (Lipinski definition) is 2. The second-order valence-corrected chi connectivity index (χ2v) is 7.27. The molecule has 4 rings (SSSR count). The number of primary amides is 1. The van der Waals surface area contributed by atoms with Crippen molar-refractivity contribution in [1.29, 1.82) is 0 Å². The van der Waals surface area contributed by atoms with Gasteiger partial charge in [-0.3, -0.25) is 9.48 Å². The SMILES string of the molecule is Cn1cc(-c2cnc(N)c(C(N)=O)c2)cn1.Fc1cccc(COC2CCCC2)c1. The third-order valence-electron chi connectivity index (χ3n) is 4.90. The molecule has 1 aliphatic rings. The summed E-state index contributed by atoms with van der Waals surface area (Å²) in [6, 6.07) is 8.23. The van der Waals surface area contributed by atoms with Gasteiger partial charge in [-0.1, -0.05) is 25.0 Å². The third kappa shape index (κ3) is 5.87. The number of carbonyl (C=O) groups excluding carboxylic acids is 1. The van der Waals surface area contributed by atoms with Gasteiger partial charge in [-0.15, -0.1) is 0 Å². The van der Waals surface area contributed by atoms with Crippen LogP contribution in [-0.2, 0) is 18.4 Å². The number of carbonyl (C=O) groups is 1. The largest absolute Gasteiger partial charge is 0.383 e. The van der Waals surface area contributed by atoms with Crippen molar-refractivity contribution in [3.63, 3.8) is 0 Å². The number of hydrogen-bond acceptors (Lipinski definition) is 5. The van der Waals surface area contributed by atoms with Crippen molar-refractivity contribution >= 4 is 11.7 Å². The predicted molar refractivity (Wildman–Crippen MR) is 113 cm³/mol. The van der Waals surface area contributed by atoms with Crippen LogP contribution in [0.15, 0.2) is 48.9 Å². The van der Waals surface area contributed by atoms with E-state index in [4.69, 9.17) is 16.2 Å². The maximum atomic E-state index is 12.8. The van der Waals surface area contributed by atoms with E-state index < -0.39 is 5.91 Å². The zero-order chi connectivity index (χ0) is 21.5. The summed E-state index contributed by atoms with van der Waals surface area (Å²) in [6.07, 6.45) is 10.3. The molecule has 0 unspecified atom stereocenters. The maximum Gasteiger partial charge on any atom is 0.252 e. The number of amides is 1. The summed E-state index contributed by atoms with van der Waals surface area (Å²) in [5.41, 5.74) is 13.5. The van der Waals surface area contributed by atoms with Gasteiger partial charge in [0, 0.05) is 30.6 Å². The average Bonchev–Trinajstić information content (AvgIpc) is 3.39. The lowest BCUT2D eigenvalue weighted by Crippen LogP contribution is -2.14. The fourth-order valence-corrected chi connectivity index (χ4v) is 3.30. The first-order valence-corrected chi connectivity index (χ1v) is 9.83. The second-order valence-electron chi connectivity index (χ2n) is 7.27. The minimum absolute atomic E-state index is 0.139. The molecule has 8 heteroatoms. The summed E-state index contributed by atoms with van der Waals surface area (Å²) in [6.45, 7) is 0.544. The fourth-order valence-electron chi connectivity index (χ4n) is 3.30. The Morgan fingerprint density at radius 1 is 1.23 bits per heavy atom. The van der Waals surface area contributed by atoms with Gasteiger partial charge in [-0.2, -0.15) is 5.10 Å². The Kier molecular flexibility index (Phi) is 7.13.